The summed E-state index contributed by atoms with van der Waals surface area (Å²) >= 11 is 0. The van der Waals surface area contributed by atoms with Crippen LogP contribution in [0, 0.1) is 0 Å². The summed E-state index contributed by atoms with van der Waals surface area (Å²) in [6.07, 6.45) is 1.95. The first-order valence-corrected chi connectivity index (χ1v) is 17.0. The number of aromatic nitrogens is 1. The molecule has 0 radical (unpaired) electrons. The fourth-order valence-corrected chi connectivity index (χ4v) is 7.95. The van der Waals surface area contributed by atoms with Gasteiger partial charge in [0.2, 0.25) is 25.7 Å². The molecule has 4 heterocycles. The number of aliphatic hydroxyl groups is 2. The third-order valence-corrected chi connectivity index (χ3v) is 11.8. The van der Waals surface area contributed by atoms with Crippen molar-refractivity contribution in [1.29, 1.82) is 0 Å². The van der Waals surface area contributed by atoms with Crippen LogP contribution in [0.2, 0.25) is 0 Å². The van der Waals surface area contributed by atoms with Crippen molar-refractivity contribution in [2.75, 3.05) is 64.6 Å². The lowest BCUT2D eigenvalue weighted by molar-refractivity contribution is -0.0312. The van der Waals surface area contributed by atoms with Crippen LogP contribution in [-0.4, -0.2) is 119 Å². The standard InChI is InChI=1S/C27H36F2N4O9S2/c1-32-9-10-40-25-24(32)12-23(15-31-25)44(38,39)33-7-5-26(6-8-33)13-19(16-42-26)30-14-20(35)17-41-21-3-2-4-22(11-21)43(36,37)27(28,29)18-34/h2-4,11-12,15,19-20,30,34-35H,5-10,13-14,16-18H2,1H3. The molecule has 3 N–H and O–H groups in total. The van der Waals surface area contributed by atoms with Gasteiger partial charge in [-0.2, -0.15) is 13.1 Å². The van der Waals surface area contributed by atoms with Crippen molar-refractivity contribution >= 4 is 25.5 Å². The van der Waals surface area contributed by atoms with Crippen LogP contribution in [-0.2, 0) is 24.6 Å². The molecule has 13 nitrogen and oxygen atoms in total. The van der Waals surface area contributed by atoms with Crippen LogP contribution in [0.5, 0.6) is 11.6 Å². The molecule has 0 bridgehead atoms. The molecule has 2 fully saturated rings. The lowest BCUT2D eigenvalue weighted by atomic mass is 9.88. The highest BCUT2D eigenvalue weighted by atomic mass is 32.2. The number of sulfonamides is 1. The molecule has 17 heteroatoms. The largest absolute Gasteiger partial charge is 0.491 e. The van der Waals surface area contributed by atoms with E-state index in [0.29, 0.717) is 50.6 Å². The van der Waals surface area contributed by atoms with Crippen LogP contribution in [0.3, 0.4) is 0 Å². The molecule has 0 amide bonds. The van der Waals surface area contributed by atoms with Crippen LogP contribution in [0.1, 0.15) is 19.3 Å². The Bertz CT molecular complexity index is 1550. The first-order valence-electron chi connectivity index (χ1n) is 14.1. The highest BCUT2D eigenvalue weighted by molar-refractivity contribution is 7.92. The van der Waals surface area contributed by atoms with Crippen molar-refractivity contribution in [3.63, 3.8) is 0 Å². The number of hydrogen-bond acceptors (Lipinski definition) is 12. The zero-order valence-corrected chi connectivity index (χ0v) is 25.7. The quantitative estimate of drug-likeness (QED) is 0.307. The van der Waals surface area contributed by atoms with E-state index in [2.05, 4.69) is 10.3 Å². The number of aliphatic hydroxyl groups excluding tert-OH is 2. The molecular weight excluding hydrogens is 626 g/mol. The number of halogens is 2. The molecule has 0 aliphatic carbocycles. The van der Waals surface area contributed by atoms with Crippen molar-refractivity contribution in [2.24, 2.45) is 0 Å². The number of fused-ring (bicyclic) bond motifs is 1. The van der Waals surface area contributed by atoms with Gasteiger partial charge < -0.3 is 34.6 Å². The van der Waals surface area contributed by atoms with Crippen molar-refractivity contribution < 1.29 is 50.0 Å². The third kappa shape index (κ3) is 6.63. The van der Waals surface area contributed by atoms with Crippen molar-refractivity contribution in [3.05, 3.63) is 36.5 Å². The van der Waals surface area contributed by atoms with Crippen LogP contribution in [0.15, 0.2) is 46.3 Å². The maximum Gasteiger partial charge on any atom is 0.372 e. The number of likely N-dealkylation sites (N-methyl/N-ethyl adjacent to an activating group) is 1. The number of nitrogens with one attached hydrogen (secondary N) is 1. The molecule has 2 atom stereocenters. The molecule has 1 spiro atoms. The zero-order chi connectivity index (χ0) is 31.8. The summed E-state index contributed by atoms with van der Waals surface area (Å²) in [4.78, 5) is 5.52. The Labute approximate surface area is 254 Å². The van der Waals surface area contributed by atoms with E-state index in [4.69, 9.17) is 19.3 Å². The Balaban J connectivity index is 1.09. The van der Waals surface area contributed by atoms with Gasteiger partial charge in [-0.3, -0.25) is 0 Å². The molecule has 1 aromatic carbocycles. The van der Waals surface area contributed by atoms with Crippen LogP contribution in [0.4, 0.5) is 14.5 Å². The van der Waals surface area contributed by atoms with Gasteiger partial charge in [0.05, 0.1) is 29.8 Å². The predicted molar refractivity (Wildman–Crippen MR) is 153 cm³/mol. The first-order chi connectivity index (χ1) is 20.8. The topological polar surface area (TPSA) is 168 Å². The molecule has 5 rings (SSSR count). The number of rotatable bonds is 11. The van der Waals surface area contributed by atoms with Gasteiger partial charge in [-0.25, -0.2) is 21.8 Å². The summed E-state index contributed by atoms with van der Waals surface area (Å²) in [5, 5.41) is 18.0. The molecule has 3 aliphatic heterocycles. The smallest absolute Gasteiger partial charge is 0.372 e. The van der Waals surface area contributed by atoms with E-state index in [0.717, 1.165) is 12.1 Å². The van der Waals surface area contributed by atoms with E-state index in [1.54, 1.807) is 6.07 Å². The van der Waals surface area contributed by atoms with Gasteiger partial charge in [0.25, 0.3) is 0 Å². The summed E-state index contributed by atoms with van der Waals surface area (Å²) in [5.41, 5.74) is 0.145. The highest BCUT2D eigenvalue weighted by Crippen LogP contribution is 2.38. The van der Waals surface area contributed by atoms with Gasteiger partial charge in [-0.05, 0) is 43.5 Å². The van der Waals surface area contributed by atoms with Gasteiger partial charge in [-0.15, -0.1) is 0 Å². The summed E-state index contributed by atoms with van der Waals surface area (Å²) in [6.45, 7) is 0.0992. The summed E-state index contributed by atoms with van der Waals surface area (Å²) in [5.74, 6) is 0.381. The van der Waals surface area contributed by atoms with Crippen molar-refractivity contribution in [1.82, 2.24) is 14.6 Å². The minimum Gasteiger partial charge on any atom is -0.491 e. The van der Waals surface area contributed by atoms with Crippen LogP contribution in [0.25, 0.3) is 0 Å². The molecule has 2 unspecified atom stereocenters. The minimum atomic E-state index is -5.11. The van der Waals surface area contributed by atoms with E-state index in [-0.39, 0.29) is 42.9 Å². The molecule has 44 heavy (non-hydrogen) atoms. The second-order valence-corrected chi connectivity index (χ2v) is 15.2. The van der Waals surface area contributed by atoms with Crippen molar-refractivity contribution in [2.45, 2.75) is 52.1 Å². The molecule has 2 aromatic rings. The highest BCUT2D eigenvalue weighted by Gasteiger charge is 2.46. The van der Waals surface area contributed by atoms with E-state index in [1.165, 1.54) is 22.6 Å². The van der Waals surface area contributed by atoms with Gasteiger partial charge in [0.1, 0.15) is 42.3 Å². The number of ether oxygens (including phenoxy) is 3. The number of benzene rings is 1. The fourth-order valence-electron chi connectivity index (χ4n) is 5.50. The van der Waals surface area contributed by atoms with E-state index < -0.39 is 48.3 Å². The van der Waals surface area contributed by atoms with Crippen molar-refractivity contribution in [3.8, 4) is 11.6 Å². The van der Waals surface area contributed by atoms with Crippen LogP contribution >= 0.6 is 0 Å². The minimum absolute atomic E-state index is 0.0322. The maximum atomic E-state index is 13.7. The number of anilines is 1. The number of piperidine rings is 1. The van der Waals surface area contributed by atoms with Gasteiger partial charge in [-0.1, -0.05) is 6.07 Å². The molecular formula is C27H36F2N4O9S2. The molecule has 1 aromatic heterocycles. The second-order valence-electron chi connectivity index (χ2n) is 11.2. The Kier molecular flexibility index (Phi) is 9.38. The number of hydrogen-bond donors (Lipinski definition) is 3. The Morgan fingerprint density at radius 3 is 2.66 bits per heavy atom. The van der Waals surface area contributed by atoms with Gasteiger partial charge in [0.15, 0.2) is 0 Å². The SMILES string of the molecule is CN1CCOc2ncc(S(=O)(=O)N3CCC4(CC3)CC(NCC(O)COc3cccc(S(=O)(=O)C(F)(F)CO)c3)CO4)cc21. The van der Waals surface area contributed by atoms with E-state index >= 15 is 0 Å². The Morgan fingerprint density at radius 1 is 1.18 bits per heavy atom. The summed E-state index contributed by atoms with van der Waals surface area (Å²) < 4.78 is 96.7. The number of nitrogens with zero attached hydrogens (tertiary/aromatic N) is 3. The molecule has 0 saturated carbocycles. The summed E-state index contributed by atoms with van der Waals surface area (Å²) in [6, 6.07) is 5.98. The average molecular weight is 663 g/mol. The van der Waals surface area contributed by atoms with E-state index in [9.17, 15) is 30.7 Å². The van der Waals surface area contributed by atoms with Gasteiger partial charge >= 0.3 is 5.25 Å². The normalized spacial score (nSPS) is 21.6. The zero-order valence-electron chi connectivity index (χ0n) is 24.1. The lowest BCUT2D eigenvalue weighted by Crippen LogP contribution is -2.47. The van der Waals surface area contributed by atoms with Crippen LogP contribution < -0.4 is 19.7 Å². The Hall–Kier alpha value is -2.67. The maximum absolute atomic E-state index is 13.7. The average Bonchev–Trinajstić information content (AvgIpc) is 3.41. The lowest BCUT2D eigenvalue weighted by Gasteiger charge is -2.38. The third-order valence-electron chi connectivity index (χ3n) is 8.14. The second kappa shape index (κ2) is 12.6. The predicted octanol–water partition coefficient (Wildman–Crippen LogP) is 0.611. The molecule has 3 aliphatic rings. The monoisotopic (exact) mass is 662 g/mol. The van der Waals surface area contributed by atoms with Gasteiger partial charge in [0, 0.05) is 32.7 Å². The Morgan fingerprint density at radius 2 is 1.93 bits per heavy atom. The first kappa shape index (κ1) is 32.7. The number of pyridine rings is 1. The van der Waals surface area contributed by atoms with E-state index in [1.807, 2.05) is 11.9 Å². The molecule has 244 valence electrons. The molecule has 2 saturated heterocycles. The fraction of sp³-hybridized carbons (Fsp3) is 0.593. The number of alkyl halides is 2. The number of sulfone groups is 1. The summed E-state index contributed by atoms with van der Waals surface area (Å²) in [7, 11) is -7.01.